The lowest BCUT2D eigenvalue weighted by molar-refractivity contribution is -0.137. The van der Waals surface area contributed by atoms with Crippen LogP contribution in [0.2, 0.25) is 0 Å². The van der Waals surface area contributed by atoms with Crippen molar-refractivity contribution in [3.8, 4) is 11.5 Å². The van der Waals surface area contributed by atoms with Crippen LogP contribution in [0.25, 0.3) is 11.5 Å². The van der Waals surface area contributed by atoms with E-state index in [1.54, 1.807) is 23.4 Å². The maximum Gasteiger partial charge on any atom is 0.416 e. The molecule has 2 amide bonds. The van der Waals surface area contributed by atoms with E-state index in [-0.39, 0.29) is 42.0 Å². The summed E-state index contributed by atoms with van der Waals surface area (Å²) in [7, 11) is 0. The number of nitrogens with one attached hydrogen (secondary N) is 1. The monoisotopic (exact) mass is 584 g/mol. The number of hydrogen-bond donors (Lipinski definition) is 2. The minimum atomic E-state index is -4.56. The molecule has 0 radical (unpaired) electrons. The number of amides is 2. The third-order valence-electron chi connectivity index (χ3n) is 8.74. The van der Waals surface area contributed by atoms with E-state index in [0.29, 0.717) is 30.9 Å². The van der Waals surface area contributed by atoms with Crippen LogP contribution in [0.15, 0.2) is 53.4 Å². The summed E-state index contributed by atoms with van der Waals surface area (Å²) in [4.78, 5) is 42.6. The SMILES string of the molecule is O=C(NCC(=O)N1CC[C@H]2[C@@H]1CCN2C1CCC(O)(c2nc(-c3ncccn3)co2)CC1)c1cccc(C(F)(F)F)c1. The zero-order valence-corrected chi connectivity index (χ0v) is 22.8. The number of rotatable bonds is 6. The number of halogens is 3. The van der Waals surface area contributed by atoms with E-state index in [4.69, 9.17) is 4.42 Å². The molecule has 3 fully saturated rings. The van der Waals surface area contributed by atoms with Crippen LogP contribution >= 0.6 is 0 Å². The van der Waals surface area contributed by atoms with Crippen molar-refractivity contribution in [2.45, 2.75) is 68.4 Å². The molecule has 10 nitrogen and oxygen atoms in total. The van der Waals surface area contributed by atoms with Gasteiger partial charge in [0, 0.05) is 49.2 Å². The highest BCUT2D eigenvalue weighted by molar-refractivity contribution is 5.96. The quantitative estimate of drug-likeness (QED) is 0.452. The molecule has 3 aliphatic rings. The molecule has 42 heavy (non-hydrogen) atoms. The topological polar surface area (TPSA) is 125 Å². The Morgan fingerprint density at radius 2 is 1.79 bits per heavy atom. The molecule has 1 aliphatic carbocycles. The Balaban J connectivity index is 1.02. The van der Waals surface area contributed by atoms with Crippen molar-refractivity contribution in [3.63, 3.8) is 0 Å². The highest BCUT2D eigenvalue weighted by Gasteiger charge is 2.48. The van der Waals surface area contributed by atoms with Crippen LogP contribution in [-0.2, 0) is 16.6 Å². The van der Waals surface area contributed by atoms with E-state index in [9.17, 15) is 27.9 Å². The van der Waals surface area contributed by atoms with Gasteiger partial charge in [0.25, 0.3) is 5.91 Å². The largest absolute Gasteiger partial charge is 0.445 e. The van der Waals surface area contributed by atoms with Gasteiger partial charge >= 0.3 is 6.18 Å². The van der Waals surface area contributed by atoms with Crippen molar-refractivity contribution in [3.05, 3.63) is 66.0 Å². The van der Waals surface area contributed by atoms with Crippen LogP contribution in [0.4, 0.5) is 13.2 Å². The molecule has 4 heterocycles. The zero-order chi connectivity index (χ0) is 29.5. The van der Waals surface area contributed by atoms with Gasteiger partial charge in [0.1, 0.15) is 17.6 Å². The average molecular weight is 585 g/mol. The first-order valence-electron chi connectivity index (χ1n) is 14.1. The third kappa shape index (κ3) is 5.50. The molecule has 6 rings (SSSR count). The van der Waals surface area contributed by atoms with Gasteiger partial charge in [-0.15, -0.1) is 0 Å². The van der Waals surface area contributed by atoms with E-state index in [1.807, 2.05) is 0 Å². The van der Waals surface area contributed by atoms with E-state index in [1.165, 1.54) is 18.4 Å². The van der Waals surface area contributed by atoms with Gasteiger partial charge in [0.2, 0.25) is 11.8 Å². The number of carbonyl (C=O) groups excluding carboxylic acids is 2. The molecule has 1 aromatic carbocycles. The lowest BCUT2D eigenvalue weighted by Gasteiger charge is -2.40. The Hall–Kier alpha value is -3.84. The van der Waals surface area contributed by atoms with Crippen molar-refractivity contribution < 1.29 is 32.3 Å². The second-order valence-electron chi connectivity index (χ2n) is 11.2. The highest BCUT2D eigenvalue weighted by atomic mass is 19.4. The van der Waals surface area contributed by atoms with Gasteiger partial charge < -0.3 is 19.7 Å². The molecule has 3 aromatic rings. The Morgan fingerprint density at radius 1 is 1.05 bits per heavy atom. The third-order valence-corrected chi connectivity index (χ3v) is 8.74. The Morgan fingerprint density at radius 3 is 2.52 bits per heavy atom. The molecular formula is C29H31F3N6O4. The lowest BCUT2D eigenvalue weighted by Crippen LogP contribution is -2.47. The molecule has 2 aromatic heterocycles. The normalized spacial score (nSPS) is 26.3. The molecule has 0 spiro atoms. The first-order chi connectivity index (χ1) is 20.1. The summed E-state index contributed by atoms with van der Waals surface area (Å²) in [6, 6.07) is 6.32. The highest BCUT2D eigenvalue weighted by Crippen LogP contribution is 2.42. The first-order valence-corrected chi connectivity index (χ1v) is 14.1. The van der Waals surface area contributed by atoms with Gasteiger partial charge in [-0.1, -0.05) is 6.07 Å². The lowest BCUT2D eigenvalue weighted by atomic mass is 9.81. The van der Waals surface area contributed by atoms with Crippen molar-refractivity contribution in [1.29, 1.82) is 0 Å². The molecule has 0 bridgehead atoms. The van der Waals surface area contributed by atoms with Gasteiger partial charge in [0.15, 0.2) is 5.82 Å². The summed E-state index contributed by atoms with van der Waals surface area (Å²) >= 11 is 0. The number of benzene rings is 1. The molecular weight excluding hydrogens is 553 g/mol. The van der Waals surface area contributed by atoms with Gasteiger partial charge in [-0.2, -0.15) is 13.2 Å². The minimum Gasteiger partial charge on any atom is -0.445 e. The fourth-order valence-corrected chi connectivity index (χ4v) is 6.63. The summed E-state index contributed by atoms with van der Waals surface area (Å²) in [5.74, 6) is -0.261. The zero-order valence-electron chi connectivity index (χ0n) is 22.8. The van der Waals surface area contributed by atoms with E-state index in [0.717, 1.165) is 44.4 Å². The minimum absolute atomic E-state index is 0.0175. The summed E-state index contributed by atoms with van der Waals surface area (Å²) in [5, 5.41) is 13.8. The molecule has 13 heteroatoms. The summed E-state index contributed by atoms with van der Waals surface area (Å²) in [5.41, 5.74) is -1.75. The number of fused-ring (bicyclic) bond motifs is 1. The number of aliphatic hydroxyl groups is 1. The number of oxazole rings is 1. The van der Waals surface area contributed by atoms with Crippen LogP contribution in [0, 0.1) is 0 Å². The van der Waals surface area contributed by atoms with Crippen LogP contribution in [0.5, 0.6) is 0 Å². The first kappa shape index (κ1) is 28.3. The van der Waals surface area contributed by atoms with E-state index in [2.05, 4.69) is 25.2 Å². The van der Waals surface area contributed by atoms with Gasteiger partial charge in [-0.25, -0.2) is 15.0 Å². The van der Waals surface area contributed by atoms with Crippen molar-refractivity contribution in [2.24, 2.45) is 0 Å². The smallest absolute Gasteiger partial charge is 0.416 e. The van der Waals surface area contributed by atoms with Gasteiger partial charge in [0.05, 0.1) is 12.1 Å². The van der Waals surface area contributed by atoms with Crippen LogP contribution in [0.1, 0.15) is 60.3 Å². The fraction of sp³-hybridized carbons (Fsp3) is 0.483. The standard InChI is InChI=1S/C29H31F3N6O4/c30-29(31,32)19-4-1-3-18(15-19)26(40)35-16-24(39)38-14-8-22-23(38)7-13-37(22)20-5-9-28(41,10-6-20)27-36-21(17-42-27)25-33-11-2-12-34-25/h1-4,11-12,15,17,20,22-23,41H,5-10,13-14,16H2,(H,35,40)/t20?,22-,23-,28?/m0/s1. The maximum absolute atomic E-state index is 13.0. The number of carbonyl (C=O) groups is 2. The van der Waals surface area contributed by atoms with Crippen LogP contribution in [0.3, 0.4) is 0 Å². The predicted molar refractivity (Wildman–Crippen MR) is 143 cm³/mol. The fourth-order valence-electron chi connectivity index (χ4n) is 6.63. The van der Waals surface area contributed by atoms with Crippen molar-refractivity contribution >= 4 is 11.8 Å². The van der Waals surface area contributed by atoms with Crippen LogP contribution < -0.4 is 5.32 Å². The number of nitrogens with zero attached hydrogens (tertiary/aromatic N) is 5. The maximum atomic E-state index is 13.0. The average Bonchev–Trinajstić information content (AvgIpc) is 3.74. The number of likely N-dealkylation sites (tertiary alicyclic amines) is 2. The van der Waals surface area contributed by atoms with E-state index < -0.39 is 23.2 Å². The molecule has 2 N–H and O–H groups in total. The van der Waals surface area contributed by atoms with Gasteiger partial charge in [-0.3, -0.25) is 14.5 Å². The van der Waals surface area contributed by atoms with Crippen LogP contribution in [-0.4, -0.2) is 79.4 Å². The Labute approximate surface area is 240 Å². The number of hydrogen-bond acceptors (Lipinski definition) is 8. The number of aromatic nitrogens is 3. The summed E-state index contributed by atoms with van der Waals surface area (Å²) in [6.07, 6.45) is 4.24. The van der Waals surface area contributed by atoms with Crippen molar-refractivity contribution in [1.82, 2.24) is 30.1 Å². The van der Waals surface area contributed by atoms with Gasteiger partial charge in [-0.05, 0) is 62.8 Å². The Bertz CT molecular complexity index is 1440. The molecule has 1 saturated carbocycles. The second kappa shape index (κ2) is 11.1. The number of alkyl halides is 3. The van der Waals surface area contributed by atoms with Crippen molar-refractivity contribution in [2.75, 3.05) is 19.6 Å². The summed E-state index contributed by atoms with van der Waals surface area (Å²) < 4.78 is 44.6. The second-order valence-corrected chi connectivity index (χ2v) is 11.2. The predicted octanol–water partition coefficient (Wildman–Crippen LogP) is 3.39. The molecule has 2 atom stereocenters. The molecule has 2 aliphatic heterocycles. The summed E-state index contributed by atoms with van der Waals surface area (Å²) in [6.45, 7) is 1.11. The molecule has 0 unspecified atom stereocenters. The van der Waals surface area contributed by atoms with E-state index >= 15 is 0 Å². The Kier molecular flexibility index (Phi) is 7.48. The molecule has 222 valence electrons. The molecule has 2 saturated heterocycles.